The lowest BCUT2D eigenvalue weighted by Gasteiger charge is -2.12. The number of pyridine rings is 1. The fourth-order valence-electron chi connectivity index (χ4n) is 3.35. The molecular formula is C24H27N5O3. The maximum Gasteiger partial charge on any atom is 0.348 e. The minimum atomic E-state index is -0.636. The molecule has 0 aromatic carbocycles. The van der Waals surface area contributed by atoms with Crippen LogP contribution in [0.25, 0.3) is 17.5 Å². The van der Waals surface area contributed by atoms with E-state index in [-0.39, 0.29) is 12.2 Å². The molecule has 0 bridgehead atoms. The lowest BCUT2D eigenvalue weighted by Crippen LogP contribution is -2.09. The van der Waals surface area contributed by atoms with Crippen LogP contribution in [0.3, 0.4) is 0 Å². The highest BCUT2D eigenvalue weighted by Gasteiger charge is 2.15. The second kappa shape index (κ2) is 10.5. The summed E-state index contributed by atoms with van der Waals surface area (Å²) in [6, 6.07) is 7.59. The van der Waals surface area contributed by atoms with Gasteiger partial charge in [-0.15, -0.1) is 0 Å². The van der Waals surface area contributed by atoms with Gasteiger partial charge in [-0.3, -0.25) is 4.98 Å². The van der Waals surface area contributed by atoms with Gasteiger partial charge >= 0.3 is 5.97 Å². The summed E-state index contributed by atoms with van der Waals surface area (Å²) in [6.07, 6.45) is 5.89. The minimum absolute atomic E-state index is 0.0218. The molecule has 0 atom stereocenters. The summed E-state index contributed by atoms with van der Waals surface area (Å²) in [5.41, 5.74) is 3.72. The number of nitrogens with zero attached hydrogens (tertiary/aromatic N) is 5. The van der Waals surface area contributed by atoms with Crippen LogP contribution in [-0.4, -0.2) is 32.3 Å². The van der Waals surface area contributed by atoms with Crippen LogP contribution >= 0.6 is 0 Å². The van der Waals surface area contributed by atoms with Crippen molar-refractivity contribution in [3.05, 3.63) is 59.0 Å². The Balaban J connectivity index is 1.55. The number of rotatable bonds is 9. The third-order valence-electron chi connectivity index (χ3n) is 4.96. The number of hydrogen-bond donors (Lipinski definition) is 0. The molecule has 0 radical (unpaired) electrons. The first-order valence-corrected chi connectivity index (χ1v) is 10.6. The Bertz CT molecular complexity index is 1140. The molecule has 0 unspecified atom stereocenters. The molecule has 3 aromatic rings. The predicted octanol–water partition coefficient (Wildman–Crippen LogP) is 4.29. The third-order valence-corrected chi connectivity index (χ3v) is 4.96. The Hall–Kier alpha value is -3.73. The second-order valence-corrected chi connectivity index (χ2v) is 7.99. The fraction of sp³-hybridized carbons (Fsp3) is 0.375. The molecule has 3 heterocycles. The van der Waals surface area contributed by atoms with Crippen molar-refractivity contribution in [3.8, 4) is 17.5 Å². The van der Waals surface area contributed by atoms with E-state index in [1.807, 2.05) is 32.0 Å². The Morgan fingerprint density at radius 1 is 1.38 bits per heavy atom. The lowest BCUT2D eigenvalue weighted by molar-refractivity contribution is -0.138. The van der Waals surface area contributed by atoms with Crippen molar-refractivity contribution in [1.82, 2.24) is 19.7 Å². The molecule has 32 heavy (non-hydrogen) atoms. The van der Waals surface area contributed by atoms with E-state index in [0.717, 1.165) is 29.1 Å². The number of esters is 1. The molecule has 0 aliphatic heterocycles. The Labute approximate surface area is 187 Å². The smallest absolute Gasteiger partial charge is 0.348 e. The first kappa shape index (κ1) is 22.9. The van der Waals surface area contributed by atoms with Crippen molar-refractivity contribution in [2.45, 2.75) is 47.1 Å². The van der Waals surface area contributed by atoms with Crippen molar-refractivity contribution in [2.75, 3.05) is 6.61 Å². The van der Waals surface area contributed by atoms with Crippen LogP contribution in [0.15, 0.2) is 40.7 Å². The van der Waals surface area contributed by atoms with Gasteiger partial charge in [-0.25, -0.2) is 4.79 Å². The topological polar surface area (TPSA) is 107 Å². The predicted molar refractivity (Wildman–Crippen MR) is 119 cm³/mol. The number of hydrogen-bond acceptors (Lipinski definition) is 7. The second-order valence-electron chi connectivity index (χ2n) is 7.99. The number of nitriles is 1. The van der Waals surface area contributed by atoms with Gasteiger partial charge in [0.1, 0.15) is 11.6 Å². The molecular weight excluding hydrogens is 406 g/mol. The molecule has 0 spiro atoms. The van der Waals surface area contributed by atoms with E-state index in [1.54, 1.807) is 24.5 Å². The molecule has 0 fully saturated rings. The fourth-order valence-corrected chi connectivity index (χ4v) is 3.35. The molecule has 0 amide bonds. The van der Waals surface area contributed by atoms with Gasteiger partial charge < -0.3 is 13.8 Å². The molecule has 0 aliphatic rings. The van der Waals surface area contributed by atoms with Gasteiger partial charge in [-0.1, -0.05) is 19.0 Å². The van der Waals surface area contributed by atoms with Crippen molar-refractivity contribution in [3.63, 3.8) is 0 Å². The van der Waals surface area contributed by atoms with E-state index < -0.39 is 5.97 Å². The SMILES string of the molecule is Cc1cc(/C=C(\C#N)C(=O)OCCCc2nc(-c3cccnc3)no2)c(C)n1CC(C)C. The molecule has 3 rings (SSSR count). The van der Waals surface area contributed by atoms with Crippen LogP contribution in [-0.2, 0) is 22.5 Å². The van der Waals surface area contributed by atoms with E-state index >= 15 is 0 Å². The van der Waals surface area contributed by atoms with Crippen LogP contribution in [0.5, 0.6) is 0 Å². The largest absolute Gasteiger partial charge is 0.462 e. The van der Waals surface area contributed by atoms with Crippen molar-refractivity contribution in [1.29, 1.82) is 5.26 Å². The number of aromatic nitrogens is 4. The Morgan fingerprint density at radius 2 is 2.19 bits per heavy atom. The van der Waals surface area contributed by atoms with Crippen LogP contribution in [0, 0.1) is 31.1 Å². The summed E-state index contributed by atoms with van der Waals surface area (Å²) < 4.78 is 12.7. The molecule has 0 N–H and O–H groups in total. The van der Waals surface area contributed by atoms with E-state index in [0.29, 0.717) is 30.5 Å². The zero-order valence-corrected chi connectivity index (χ0v) is 18.8. The van der Waals surface area contributed by atoms with Crippen LogP contribution < -0.4 is 0 Å². The van der Waals surface area contributed by atoms with E-state index in [4.69, 9.17) is 9.26 Å². The van der Waals surface area contributed by atoms with E-state index in [9.17, 15) is 10.1 Å². The molecule has 166 valence electrons. The highest BCUT2D eigenvalue weighted by atomic mass is 16.5. The van der Waals surface area contributed by atoms with Crippen LogP contribution in [0.1, 0.15) is 43.1 Å². The standard InChI is InChI=1S/C24H27N5O3/c1-16(2)15-29-17(3)11-20(18(29)4)12-21(13-25)24(30)31-10-6-8-22-27-23(28-32-22)19-7-5-9-26-14-19/h5,7,9,11-12,14,16H,6,8,10,15H2,1-4H3/b21-12+. The number of carbonyl (C=O) groups excluding carboxylic acids is 1. The summed E-state index contributed by atoms with van der Waals surface area (Å²) in [5.74, 6) is 0.780. The summed E-state index contributed by atoms with van der Waals surface area (Å²) in [4.78, 5) is 20.7. The van der Waals surface area contributed by atoms with Crippen LogP contribution in [0.4, 0.5) is 0 Å². The maximum atomic E-state index is 12.4. The average molecular weight is 434 g/mol. The molecule has 0 saturated heterocycles. The molecule has 8 nitrogen and oxygen atoms in total. The highest BCUT2D eigenvalue weighted by Crippen LogP contribution is 2.20. The number of ether oxygens (including phenoxy) is 1. The zero-order chi connectivity index (χ0) is 23.1. The van der Waals surface area contributed by atoms with Crippen molar-refractivity contribution in [2.24, 2.45) is 5.92 Å². The Kier molecular flexibility index (Phi) is 7.55. The summed E-state index contributed by atoms with van der Waals surface area (Å²) in [7, 11) is 0. The Morgan fingerprint density at radius 3 is 2.88 bits per heavy atom. The van der Waals surface area contributed by atoms with E-state index in [1.165, 1.54) is 0 Å². The number of carbonyl (C=O) groups is 1. The minimum Gasteiger partial charge on any atom is -0.462 e. The van der Waals surface area contributed by atoms with Crippen molar-refractivity contribution < 1.29 is 14.1 Å². The lowest BCUT2D eigenvalue weighted by atomic mass is 10.1. The summed E-state index contributed by atoms with van der Waals surface area (Å²) >= 11 is 0. The quantitative estimate of drug-likeness (QED) is 0.214. The molecule has 0 saturated carbocycles. The molecule has 3 aromatic heterocycles. The van der Waals surface area contributed by atoms with Crippen molar-refractivity contribution >= 4 is 12.0 Å². The van der Waals surface area contributed by atoms with E-state index in [2.05, 4.69) is 33.5 Å². The van der Waals surface area contributed by atoms with Gasteiger partial charge in [-0.2, -0.15) is 10.2 Å². The van der Waals surface area contributed by atoms with Gasteiger partial charge in [0.15, 0.2) is 0 Å². The summed E-state index contributed by atoms with van der Waals surface area (Å²) in [6.45, 7) is 9.35. The monoisotopic (exact) mass is 433 g/mol. The normalized spacial score (nSPS) is 11.6. The van der Waals surface area contributed by atoms with Gasteiger partial charge in [0, 0.05) is 42.3 Å². The van der Waals surface area contributed by atoms with Gasteiger partial charge in [0.25, 0.3) is 0 Å². The van der Waals surface area contributed by atoms with Gasteiger partial charge in [0.05, 0.1) is 6.61 Å². The molecule has 0 aliphatic carbocycles. The zero-order valence-electron chi connectivity index (χ0n) is 18.8. The first-order chi connectivity index (χ1) is 15.4. The average Bonchev–Trinajstić information content (AvgIpc) is 3.35. The van der Waals surface area contributed by atoms with Gasteiger partial charge in [0.2, 0.25) is 11.7 Å². The third kappa shape index (κ3) is 5.70. The highest BCUT2D eigenvalue weighted by molar-refractivity contribution is 5.98. The first-order valence-electron chi connectivity index (χ1n) is 10.6. The maximum absolute atomic E-state index is 12.4. The number of aryl methyl sites for hydroxylation is 2. The molecule has 8 heteroatoms. The van der Waals surface area contributed by atoms with Gasteiger partial charge in [-0.05, 0) is 56.0 Å². The summed E-state index contributed by atoms with van der Waals surface area (Å²) in [5, 5.41) is 13.4. The van der Waals surface area contributed by atoms with Crippen LogP contribution in [0.2, 0.25) is 0 Å².